The average Bonchev–Trinajstić information content (AvgIpc) is 2.97. The molecule has 1 aromatic carbocycles. The highest BCUT2D eigenvalue weighted by Gasteiger charge is 2.21. The minimum atomic E-state index is 0.258. The lowest BCUT2D eigenvalue weighted by molar-refractivity contribution is 0.435. The maximum absolute atomic E-state index is 6.10. The van der Waals surface area contributed by atoms with E-state index in [4.69, 9.17) is 11.6 Å². The highest BCUT2D eigenvalue weighted by molar-refractivity contribution is 6.30. The quantitative estimate of drug-likeness (QED) is 0.935. The zero-order valence-corrected chi connectivity index (χ0v) is 12.5. The summed E-state index contributed by atoms with van der Waals surface area (Å²) in [6.45, 7) is 4.38. The van der Waals surface area contributed by atoms with E-state index in [1.807, 2.05) is 30.7 Å². The van der Waals surface area contributed by atoms with E-state index in [-0.39, 0.29) is 6.04 Å². The van der Waals surface area contributed by atoms with E-state index in [1.165, 1.54) is 24.1 Å². The normalized spacial score (nSPS) is 20.8. The third-order valence-corrected chi connectivity index (χ3v) is 4.39. The maximum Gasteiger partial charge on any atom is 0.0953 e. The zero-order valence-electron chi connectivity index (χ0n) is 11.7. The fourth-order valence-corrected chi connectivity index (χ4v) is 3.18. The third-order valence-electron chi connectivity index (χ3n) is 4.16. The first kappa shape index (κ1) is 13.7. The summed E-state index contributed by atoms with van der Waals surface area (Å²) in [6.07, 6.45) is 6.43. The Balaban J connectivity index is 1.88. The van der Waals surface area contributed by atoms with Crippen LogP contribution in [0.1, 0.15) is 43.0 Å². The second kappa shape index (κ2) is 5.98. The number of halogens is 1. The number of piperidine rings is 1. The van der Waals surface area contributed by atoms with E-state index in [0.717, 1.165) is 18.1 Å². The monoisotopic (exact) mass is 289 g/mol. The van der Waals surface area contributed by atoms with Crippen LogP contribution in [0.15, 0.2) is 36.8 Å². The van der Waals surface area contributed by atoms with Crippen LogP contribution in [-0.4, -0.2) is 22.6 Å². The molecule has 3 rings (SSSR count). The first-order valence-corrected chi connectivity index (χ1v) is 7.61. The molecule has 0 spiro atoms. The van der Waals surface area contributed by atoms with Crippen LogP contribution >= 0.6 is 11.6 Å². The van der Waals surface area contributed by atoms with Crippen molar-refractivity contribution in [3.05, 3.63) is 53.1 Å². The molecule has 106 valence electrons. The van der Waals surface area contributed by atoms with Crippen molar-refractivity contribution in [1.82, 2.24) is 14.9 Å². The van der Waals surface area contributed by atoms with Crippen LogP contribution in [0.5, 0.6) is 0 Å². The van der Waals surface area contributed by atoms with Crippen molar-refractivity contribution in [1.29, 1.82) is 0 Å². The first-order valence-electron chi connectivity index (χ1n) is 7.23. The Morgan fingerprint density at radius 3 is 3.10 bits per heavy atom. The summed E-state index contributed by atoms with van der Waals surface area (Å²) in [4.78, 5) is 4.37. The van der Waals surface area contributed by atoms with Crippen LogP contribution in [0.3, 0.4) is 0 Å². The molecule has 1 fully saturated rings. The molecule has 1 saturated heterocycles. The Kier molecular flexibility index (Phi) is 4.08. The molecule has 0 amide bonds. The van der Waals surface area contributed by atoms with Gasteiger partial charge in [0.25, 0.3) is 0 Å². The summed E-state index contributed by atoms with van der Waals surface area (Å²) in [5, 5.41) is 4.26. The lowest BCUT2D eigenvalue weighted by Gasteiger charge is -2.26. The van der Waals surface area contributed by atoms with Crippen LogP contribution in [0.2, 0.25) is 5.02 Å². The molecule has 0 aliphatic carbocycles. The van der Waals surface area contributed by atoms with Crippen molar-refractivity contribution < 1.29 is 0 Å². The number of hydrogen-bond acceptors (Lipinski definition) is 2. The second-order valence-corrected chi connectivity index (χ2v) is 5.94. The van der Waals surface area contributed by atoms with Gasteiger partial charge in [-0.1, -0.05) is 23.7 Å². The van der Waals surface area contributed by atoms with E-state index < -0.39 is 0 Å². The van der Waals surface area contributed by atoms with Gasteiger partial charge in [0.1, 0.15) is 0 Å². The molecule has 0 bridgehead atoms. The van der Waals surface area contributed by atoms with Crippen molar-refractivity contribution in [3.8, 4) is 0 Å². The van der Waals surface area contributed by atoms with Crippen molar-refractivity contribution in [3.63, 3.8) is 0 Å². The standard InChI is InChI=1S/C16H20ClN3/c1-12(13-4-2-6-15(17)8-13)20-11-19-10-16(20)14-5-3-7-18-9-14/h2,4,6,8,10-12,14,18H,3,5,7,9H2,1H3. The topological polar surface area (TPSA) is 29.9 Å². The zero-order chi connectivity index (χ0) is 13.9. The Hall–Kier alpha value is -1.32. The smallest absolute Gasteiger partial charge is 0.0953 e. The van der Waals surface area contributed by atoms with Crippen LogP contribution in [-0.2, 0) is 0 Å². The molecule has 0 saturated carbocycles. The van der Waals surface area contributed by atoms with Gasteiger partial charge in [0.15, 0.2) is 0 Å². The molecule has 1 aromatic heterocycles. The van der Waals surface area contributed by atoms with Crippen LogP contribution in [0.4, 0.5) is 0 Å². The number of nitrogens with zero attached hydrogens (tertiary/aromatic N) is 2. The van der Waals surface area contributed by atoms with Gasteiger partial charge in [-0.25, -0.2) is 4.98 Å². The number of rotatable bonds is 3. The van der Waals surface area contributed by atoms with Gasteiger partial charge in [0.2, 0.25) is 0 Å². The molecule has 1 N–H and O–H groups in total. The number of imidazole rings is 1. The lowest BCUT2D eigenvalue weighted by Crippen LogP contribution is -2.30. The van der Waals surface area contributed by atoms with Crippen LogP contribution < -0.4 is 5.32 Å². The molecule has 1 aliphatic rings. The van der Waals surface area contributed by atoms with Crippen molar-refractivity contribution in [2.75, 3.05) is 13.1 Å². The predicted octanol–water partition coefficient (Wildman–Crippen LogP) is 3.61. The molecule has 2 aromatic rings. The fourth-order valence-electron chi connectivity index (χ4n) is 2.99. The average molecular weight is 290 g/mol. The van der Waals surface area contributed by atoms with Crippen molar-refractivity contribution in [2.24, 2.45) is 0 Å². The molecule has 2 atom stereocenters. The molecule has 1 aliphatic heterocycles. The Morgan fingerprint density at radius 1 is 1.45 bits per heavy atom. The van der Waals surface area contributed by atoms with Crippen LogP contribution in [0, 0.1) is 0 Å². The summed E-state index contributed by atoms with van der Waals surface area (Å²) in [6, 6.07) is 8.34. The predicted molar refractivity (Wildman–Crippen MR) is 82.3 cm³/mol. The summed E-state index contributed by atoms with van der Waals surface area (Å²) >= 11 is 6.10. The van der Waals surface area contributed by atoms with E-state index in [9.17, 15) is 0 Å². The number of hydrogen-bond donors (Lipinski definition) is 1. The fraction of sp³-hybridized carbons (Fsp3) is 0.438. The van der Waals surface area contributed by atoms with E-state index >= 15 is 0 Å². The largest absolute Gasteiger partial charge is 0.327 e. The molecule has 2 unspecified atom stereocenters. The summed E-state index contributed by atoms with van der Waals surface area (Å²) < 4.78 is 2.28. The van der Waals surface area contributed by atoms with Gasteiger partial charge >= 0.3 is 0 Å². The molecular formula is C16H20ClN3. The van der Waals surface area contributed by atoms with Gasteiger partial charge in [0, 0.05) is 29.4 Å². The van der Waals surface area contributed by atoms with E-state index in [1.54, 1.807) is 0 Å². The Morgan fingerprint density at radius 2 is 2.35 bits per heavy atom. The molecule has 4 heteroatoms. The maximum atomic E-state index is 6.10. The minimum absolute atomic E-state index is 0.258. The number of nitrogens with one attached hydrogen (secondary N) is 1. The van der Waals surface area contributed by atoms with Gasteiger partial charge in [-0.05, 0) is 44.0 Å². The molecule has 2 heterocycles. The number of benzene rings is 1. The number of aromatic nitrogens is 2. The first-order chi connectivity index (χ1) is 9.75. The van der Waals surface area contributed by atoms with E-state index in [0.29, 0.717) is 5.92 Å². The summed E-state index contributed by atoms with van der Waals surface area (Å²) in [5.74, 6) is 0.563. The molecule has 3 nitrogen and oxygen atoms in total. The van der Waals surface area contributed by atoms with Crippen LogP contribution in [0.25, 0.3) is 0 Å². The Bertz CT molecular complexity index is 573. The van der Waals surface area contributed by atoms with Crippen molar-refractivity contribution >= 4 is 11.6 Å². The van der Waals surface area contributed by atoms with Gasteiger partial charge in [-0.3, -0.25) is 0 Å². The van der Waals surface area contributed by atoms with Gasteiger partial charge in [0.05, 0.1) is 12.4 Å². The highest BCUT2D eigenvalue weighted by Crippen LogP contribution is 2.28. The Labute approximate surface area is 125 Å². The summed E-state index contributed by atoms with van der Waals surface area (Å²) in [5.41, 5.74) is 2.55. The second-order valence-electron chi connectivity index (χ2n) is 5.50. The van der Waals surface area contributed by atoms with Gasteiger partial charge in [-0.2, -0.15) is 0 Å². The van der Waals surface area contributed by atoms with Gasteiger partial charge in [-0.15, -0.1) is 0 Å². The van der Waals surface area contributed by atoms with Crippen molar-refractivity contribution in [2.45, 2.75) is 31.7 Å². The minimum Gasteiger partial charge on any atom is -0.327 e. The lowest BCUT2D eigenvalue weighted by atomic mass is 9.96. The molecule has 0 radical (unpaired) electrons. The molecular weight excluding hydrogens is 270 g/mol. The third kappa shape index (κ3) is 2.74. The molecule has 20 heavy (non-hydrogen) atoms. The highest BCUT2D eigenvalue weighted by atomic mass is 35.5. The summed E-state index contributed by atoms with van der Waals surface area (Å²) in [7, 11) is 0. The van der Waals surface area contributed by atoms with Gasteiger partial charge < -0.3 is 9.88 Å². The SMILES string of the molecule is CC(c1cccc(Cl)c1)n1cncc1C1CCCNC1. The van der Waals surface area contributed by atoms with E-state index in [2.05, 4.69) is 27.9 Å².